The van der Waals surface area contributed by atoms with E-state index in [2.05, 4.69) is 37.2 Å². The minimum atomic E-state index is 0.0134. The monoisotopic (exact) mass is 399 g/mol. The van der Waals surface area contributed by atoms with Crippen LogP contribution in [-0.4, -0.2) is 17.3 Å². The Bertz CT molecular complexity index is 396. The lowest BCUT2D eigenvalue weighted by atomic mass is 9.95. The van der Waals surface area contributed by atoms with Crippen molar-refractivity contribution in [2.75, 3.05) is 0 Å². The van der Waals surface area contributed by atoms with Crippen molar-refractivity contribution in [1.82, 2.24) is 5.32 Å². The molecule has 0 spiro atoms. The molecule has 1 fully saturated rings. The van der Waals surface area contributed by atoms with Gasteiger partial charge in [-0.05, 0) is 63.6 Å². The van der Waals surface area contributed by atoms with Gasteiger partial charge in [0.1, 0.15) is 0 Å². The van der Waals surface area contributed by atoms with Crippen LogP contribution in [0.15, 0.2) is 14.3 Å². The lowest BCUT2D eigenvalue weighted by Crippen LogP contribution is -2.37. The average Bonchev–Trinajstić information content (AvgIpc) is 2.63. The molecule has 1 aromatic rings. The maximum atomic E-state index is 12.0. The predicted octanol–water partition coefficient (Wildman–Crippen LogP) is 4.55. The second-order valence-electron chi connectivity index (χ2n) is 4.15. The van der Waals surface area contributed by atoms with E-state index in [4.69, 9.17) is 11.6 Å². The number of halogens is 3. The van der Waals surface area contributed by atoms with Crippen molar-refractivity contribution < 1.29 is 4.79 Å². The normalized spacial score (nSPS) is 24.6. The zero-order chi connectivity index (χ0) is 12.4. The van der Waals surface area contributed by atoms with E-state index in [0.717, 1.165) is 38.8 Å². The van der Waals surface area contributed by atoms with Gasteiger partial charge in [-0.15, -0.1) is 22.9 Å². The number of nitrogens with one attached hydrogen (secondary N) is 1. The van der Waals surface area contributed by atoms with Crippen LogP contribution in [0.1, 0.15) is 35.4 Å². The summed E-state index contributed by atoms with van der Waals surface area (Å²) < 4.78 is 1.88. The van der Waals surface area contributed by atoms with Gasteiger partial charge < -0.3 is 5.32 Å². The number of thiophene rings is 1. The predicted molar refractivity (Wildman–Crippen MR) is 79.1 cm³/mol. The molecule has 1 aromatic heterocycles. The number of carbonyl (C=O) groups excluding carboxylic acids is 1. The van der Waals surface area contributed by atoms with E-state index in [1.807, 2.05) is 6.07 Å². The van der Waals surface area contributed by atoms with E-state index >= 15 is 0 Å². The fraction of sp³-hybridized carbons (Fsp3) is 0.545. The van der Waals surface area contributed by atoms with Crippen molar-refractivity contribution in [2.45, 2.75) is 37.1 Å². The maximum absolute atomic E-state index is 12.0. The Labute approximate surface area is 126 Å². The lowest BCUT2D eigenvalue weighted by Gasteiger charge is -2.25. The van der Waals surface area contributed by atoms with Crippen LogP contribution in [0.2, 0.25) is 0 Å². The summed E-state index contributed by atoms with van der Waals surface area (Å²) in [6.07, 6.45) is 3.94. The van der Waals surface area contributed by atoms with Crippen molar-refractivity contribution in [3.63, 3.8) is 0 Å². The molecule has 94 valence electrons. The summed E-state index contributed by atoms with van der Waals surface area (Å²) in [4.78, 5) is 12.7. The number of amides is 1. The summed E-state index contributed by atoms with van der Waals surface area (Å²) in [5.74, 6) is 0.0134. The quantitative estimate of drug-likeness (QED) is 0.724. The first-order valence-corrected chi connectivity index (χ1v) is 8.30. The second kappa shape index (κ2) is 6.04. The number of hydrogen-bond acceptors (Lipinski definition) is 2. The van der Waals surface area contributed by atoms with Gasteiger partial charge in [-0.2, -0.15) is 0 Å². The maximum Gasteiger partial charge on any atom is 0.261 e. The Morgan fingerprint density at radius 2 is 2.00 bits per heavy atom. The van der Waals surface area contributed by atoms with Crippen LogP contribution in [0.25, 0.3) is 0 Å². The molecule has 1 amide bonds. The van der Waals surface area contributed by atoms with Crippen LogP contribution < -0.4 is 5.32 Å². The standard InChI is InChI=1S/C11H12Br2ClNOS/c12-8-5-9(17-10(8)13)11(16)15-7-3-1-6(14)2-4-7/h5-7H,1-4H2,(H,15,16). The molecule has 2 rings (SSSR count). The van der Waals surface area contributed by atoms with Crippen molar-refractivity contribution in [1.29, 1.82) is 0 Å². The van der Waals surface area contributed by atoms with Crippen molar-refractivity contribution in [3.8, 4) is 0 Å². The third-order valence-electron chi connectivity index (χ3n) is 2.86. The summed E-state index contributed by atoms with van der Waals surface area (Å²) in [7, 11) is 0. The van der Waals surface area contributed by atoms with Gasteiger partial charge in [-0.1, -0.05) is 0 Å². The highest BCUT2D eigenvalue weighted by Gasteiger charge is 2.22. The molecule has 1 aliphatic carbocycles. The van der Waals surface area contributed by atoms with Gasteiger partial charge in [0.25, 0.3) is 5.91 Å². The molecule has 0 atom stereocenters. The lowest BCUT2D eigenvalue weighted by molar-refractivity contribution is 0.0932. The van der Waals surface area contributed by atoms with Crippen LogP contribution in [-0.2, 0) is 0 Å². The Hall–Kier alpha value is 0.420. The molecule has 0 aromatic carbocycles. The van der Waals surface area contributed by atoms with Crippen molar-refractivity contribution in [2.24, 2.45) is 0 Å². The van der Waals surface area contributed by atoms with Crippen LogP contribution in [0.4, 0.5) is 0 Å². The van der Waals surface area contributed by atoms with E-state index in [1.54, 1.807) is 0 Å². The SMILES string of the molecule is O=C(NC1CCC(Cl)CC1)c1cc(Br)c(Br)s1. The first-order chi connectivity index (χ1) is 8.06. The highest BCUT2D eigenvalue weighted by atomic mass is 79.9. The van der Waals surface area contributed by atoms with Gasteiger partial charge in [0.2, 0.25) is 0 Å². The van der Waals surface area contributed by atoms with Gasteiger partial charge in [0.05, 0.1) is 8.66 Å². The molecule has 17 heavy (non-hydrogen) atoms. The highest BCUT2D eigenvalue weighted by Crippen LogP contribution is 2.32. The summed E-state index contributed by atoms with van der Waals surface area (Å²) in [6.45, 7) is 0. The first kappa shape index (κ1) is 13.8. The molecule has 1 heterocycles. The van der Waals surface area contributed by atoms with E-state index in [9.17, 15) is 4.79 Å². The summed E-state index contributed by atoms with van der Waals surface area (Å²) >= 11 is 14.3. The van der Waals surface area contributed by atoms with Gasteiger partial charge in [-0.25, -0.2) is 0 Å². The molecule has 0 radical (unpaired) electrons. The van der Waals surface area contributed by atoms with E-state index in [0.29, 0.717) is 0 Å². The number of alkyl halides is 1. The van der Waals surface area contributed by atoms with E-state index in [1.165, 1.54) is 11.3 Å². The third-order valence-corrected chi connectivity index (χ3v) is 6.55. The van der Waals surface area contributed by atoms with Gasteiger partial charge >= 0.3 is 0 Å². The molecule has 0 aliphatic heterocycles. The minimum absolute atomic E-state index is 0.0134. The fourth-order valence-electron chi connectivity index (χ4n) is 1.91. The molecule has 1 aliphatic rings. The molecule has 1 saturated carbocycles. The average molecular weight is 402 g/mol. The summed E-state index contributed by atoms with van der Waals surface area (Å²) in [5, 5.41) is 3.35. The van der Waals surface area contributed by atoms with Crippen LogP contribution in [0.5, 0.6) is 0 Å². The van der Waals surface area contributed by atoms with E-state index in [-0.39, 0.29) is 17.3 Å². The Morgan fingerprint density at radius 3 is 2.53 bits per heavy atom. The fourth-order valence-corrected chi connectivity index (χ4v) is 4.10. The first-order valence-electron chi connectivity index (χ1n) is 5.46. The van der Waals surface area contributed by atoms with Gasteiger partial charge in [0.15, 0.2) is 0 Å². The minimum Gasteiger partial charge on any atom is -0.349 e. The van der Waals surface area contributed by atoms with E-state index < -0.39 is 0 Å². The summed E-state index contributed by atoms with van der Waals surface area (Å²) in [5.41, 5.74) is 0. The Balaban J connectivity index is 1.93. The molecule has 2 nitrogen and oxygen atoms in total. The molecule has 0 bridgehead atoms. The molecular formula is C11H12Br2ClNOS. The van der Waals surface area contributed by atoms with Gasteiger partial charge in [-0.3, -0.25) is 4.79 Å². The van der Waals surface area contributed by atoms with Gasteiger partial charge in [0, 0.05) is 15.9 Å². The molecule has 0 unspecified atom stereocenters. The topological polar surface area (TPSA) is 29.1 Å². The third kappa shape index (κ3) is 3.69. The van der Waals surface area contributed by atoms with Crippen LogP contribution in [0.3, 0.4) is 0 Å². The number of rotatable bonds is 2. The highest BCUT2D eigenvalue weighted by molar-refractivity contribution is 9.13. The Kier molecular flexibility index (Phi) is 4.92. The Morgan fingerprint density at radius 1 is 1.35 bits per heavy atom. The molecule has 0 saturated heterocycles. The largest absolute Gasteiger partial charge is 0.349 e. The summed E-state index contributed by atoms with van der Waals surface area (Å²) in [6, 6.07) is 2.12. The zero-order valence-electron chi connectivity index (χ0n) is 9.01. The van der Waals surface area contributed by atoms with Crippen molar-refractivity contribution >= 4 is 60.7 Å². The van der Waals surface area contributed by atoms with Crippen LogP contribution >= 0.6 is 54.8 Å². The molecular weight excluding hydrogens is 389 g/mol. The second-order valence-corrected chi connectivity index (χ2v) is 8.00. The molecule has 6 heteroatoms. The number of hydrogen-bond donors (Lipinski definition) is 1. The van der Waals surface area contributed by atoms with Crippen molar-refractivity contribution in [3.05, 3.63) is 19.2 Å². The zero-order valence-corrected chi connectivity index (χ0v) is 13.8. The smallest absolute Gasteiger partial charge is 0.261 e. The number of carbonyl (C=O) groups is 1. The molecule has 1 N–H and O–H groups in total. The van der Waals surface area contributed by atoms with Crippen LogP contribution in [0, 0.1) is 0 Å².